The van der Waals surface area contributed by atoms with Crippen molar-refractivity contribution in [3.63, 3.8) is 0 Å². The Labute approximate surface area is 80.9 Å². The van der Waals surface area contributed by atoms with E-state index in [4.69, 9.17) is 11.6 Å². The number of rotatable bonds is 4. The Morgan fingerprint density at radius 3 is 2.36 bits per heavy atom. The molecule has 0 heterocycles. The average molecular weight is 244 g/mol. The molecular formula is C8H13BrClF. The third-order valence-corrected chi connectivity index (χ3v) is 2.69. The highest BCUT2D eigenvalue weighted by Crippen LogP contribution is 2.26. The summed E-state index contributed by atoms with van der Waals surface area (Å²) in [5.74, 6) is 0. The number of halogens is 3. The highest BCUT2D eigenvalue weighted by atomic mass is 79.9. The van der Waals surface area contributed by atoms with Crippen LogP contribution in [0.3, 0.4) is 0 Å². The summed E-state index contributed by atoms with van der Waals surface area (Å²) in [6.07, 6.45) is 2.74. The maximum absolute atomic E-state index is 12.6. The van der Waals surface area contributed by atoms with E-state index in [1.165, 1.54) is 0 Å². The van der Waals surface area contributed by atoms with E-state index >= 15 is 0 Å². The highest BCUT2D eigenvalue weighted by molar-refractivity contribution is 9.09. The van der Waals surface area contributed by atoms with Gasteiger partial charge < -0.3 is 0 Å². The van der Waals surface area contributed by atoms with Crippen LogP contribution in [-0.2, 0) is 0 Å². The maximum Gasteiger partial charge on any atom is 0.190 e. The minimum Gasteiger partial charge on any atom is -0.229 e. The van der Waals surface area contributed by atoms with Gasteiger partial charge in [0.25, 0.3) is 0 Å². The second kappa shape index (κ2) is 6.01. The van der Waals surface area contributed by atoms with Crippen LogP contribution in [0.25, 0.3) is 0 Å². The summed E-state index contributed by atoms with van der Waals surface area (Å²) >= 11 is 8.51. The van der Waals surface area contributed by atoms with E-state index in [9.17, 15) is 4.39 Å². The third-order valence-electron chi connectivity index (χ3n) is 1.51. The molecule has 0 aliphatic carbocycles. The molecule has 11 heavy (non-hydrogen) atoms. The predicted molar refractivity (Wildman–Crippen MR) is 51.9 cm³/mol. The van der Waals surface area contributed by atoms with Gasteiger partial charge in [0.05, 0.1) is 5.03 Å². The molecule has 0 saturated carbocycles. The van der Waals surface area contributed by atoms with E-state index in [1.807, 2.05) is 6.92 Å². The summed E-state index contributed by atoms with van der Waals surface area (Å²) in [5, 5.41) is -0.861. The van der Waals surface area contributed by atoms with E-state index in [0.29, 0.717) is 5.03 Å². The Balaban J connectivity index is 4.27. The summed E-state index contributed by atoms with van der Waals surface area (Å²) in [6, 6.07) is 0. The maximum atomic E-state index is 12.6. The summed E-state index contributed by atoms with van der Waals surface area (Å²) in [6.45, 7) is 4.05. The van der Waals surface area contributed by atoms with Gasteiger partial charge >= 0.3 is 0 Å². The lowest BCUT2D eigenvalue weighted by Crippen LogP contribution is -1.93. The zero-order valence-electron chi connectivity index (χ0n) is 6.83. The molecular weight excluding hydrogens is 230 g/mol. The number of hydrogen-bond donors (Lipinski definition) is 0. The lowest BCUT2D eigenvalue weighted by atomic mass is 10.1. The van der Waals surface area contributed by atoms with Crippen molar-refractivity contribution in [2.24, 2.45) is 0 Å². The van der Waals surface area contributed by atoms with Crippen molar-refractivity contribution in [2.75, 3.05) is 0 Å². The van der Waals surface area contributed by atoms with Crippen molar-refractivity contribution in [1.82, 2.24) is 0 Å². The van der Waals surface area contributed by atoms with Crippen LogP contribution in [0.15, 0.2) is 10.6 Å². The quantitative estimate of drug-likeness (QED) is 0.643. The van der Waals surface area contributed by atoms with Gasteiger partial charge in [-0.1, -0.05) is 37.4 Å². The highest BCUT2D eigenvalue weighted by Gasteiger charge is 2.09. The molecule has 1 unspecified atom stereocenters. The molecule has 3 heteroatoms. The molecule has 0 fully saturated rings. The van der Waals surface area contributed by atoms with Gasteiger partial charge in [0.1, 0.15) is 0 Å². The van der Waals surface area contributed by atoms with Crippen molar-refractivity contribution in [3.05, 3.63) is 10.6 Å². The van der Waals surface area contributed by atoms with Gasteiger partial charge in [-0.3, -0.25) is 0 Å². The number of alkyl halides is 2. The second-order valence-electron chi connectivity index (χ2n) is 2.36. The van der Waals surface area contributed by atoms with E-state index in [1.54, 1.807) is 0 Å². The fourth-order valence-electron chi connectivity index (χ4n) is 0.921. The van der Waals surface area contributed by atoms with Crippen LogP contribution < -0.4 is 0 Å². The third kappa shape index (κ3) is 4.12. The molecule has 0 N–H and O–H groups in total. The lowest BCUT2D eigenvalue weighted by molar-refractivity contribution is 0.518. The first-order chi connectivity index (χ1) is 5.13. The predicted octanol–water partition coefficient (Wildman–Crippen LogP) is 4.38. The Bertz CT molecular complexity index is 143. The summed E-state index contributed by atoms with van der Waals surface area (Å²) < 4.78 is 12.6. The fraction of sp³-hybridized carbons (Fsp3) is 0.750. The Kier molecular flexibility index (Phi) is 6.25. The van der Waals surface area contributed by atoms with E-state index in [2.05, 4.69) is 22.9 Å². The largest absolute Gasteiger partial charge is 0.229 e. The molecule has 0 aromatic heterocycles. The van der Waals surface area contributed by atoms with Crippen LogP contribution in [0.1, 0.15) is 33.1 Å². The molecule has 0 nitrogen and oxygen atoms in total. The molecule has 0 saturated heterocycles. The van der Waals surface area contributed by atoms with Gasteiger partial charge in [-0.15, -0.1) is 0 Å². The smallest absolute Gasteiger partial charge is 0.190 e. The molecule has 0 rings (SSSR count). The normalized spacial score (nSPS) is 16.1. The fourth-order valence-corrected chi connectivity index (χ4v) is 1.47. The zero-order valence-corrected chi connectivity index (χ0v) is 9.17. The van der Waals surface area contributed by atoms with Crippen LogP contribution >= 0.6 is 27.5 Å². The summed E-state index contributed by atoms with van der Waals surface area (Å²) in [7, 11) is 0. The molecule has 0 aromatic rings. The van der Waals surface area contributed by atoms with Crippen molar-refractivity contribution >= 4 is 27.5 Å². The summed E-state index contributed by atoms with van der Waals surface area (Å²) in [4.78, 5) is 0. The molecule has 0 aromatic carbocycles. The van der Waals surface area contributed by atoms with Crippen LogP contribution in [0.5, 0.6) is 0 Å². The Hall–Kier alpha value is 0.440. The summed E-state index contributed by atoms with van der Waals surface area (Å²) in [5.41, 5.74) is 1.01. The van der Waals surface area contributed by atoms with Crippen molar-refractivity contribution in [3.8, 4) is 0 Å². The Morgan fingerprint density at radius 2 is 2.09 bits per heavy atom. The first-order valence-electron chi connectivity index (χ1n) is 3.79. The molecule has 0 bridgehead atoms. The Morgan fingerprint density at radius 1 is 1.55 bits per heavy atom. The van der Waals surface area contributed by atoms with Gasteiger partial charge in [0.15, 0.2) is 5.08 Å². The van der Waals surface area contributed by atoms with Gasteiger partial charge in [0, 0.05) is 0 Å². The van der Waals surface area contributed by atoms with Gasteiger partial charge in [-0.25, -0.2) is 4.39 Å². The van der Waals surface area contributed by atoms with E-state index in [0.717, 1.165) is 24.8 Å². The first kappa shape index (κ1) is 11.4. The van der Waals surface area contributed by atoms with Crippen molar-refractivity contribution < 1.29 is 4.39 Å². The first-order valence-corrected chi connectivity index (χ1v) is 5.08. The average Bonchev–Trinajstić information content (AvgIpc) is 1.98. The molecule has 0 aliphatic heterocycles. The molecule has 0 radical (unpaired) electrons. The van der Waals surface area contributed by atoms with E-state index < -0.39 is 5.08 Å². The van der Waals surface area contributed by atoms with E-state index in [-0.39, 0.29) is 0 Å². The topological polar surface area (TPSA) is 0 Å². The van der Waals surface area contributed by atoms with Crippen LogP contribution in [-0.4, -0.2) is 5.08 Å². The molecule has 1 atom stereocenters. The number of allylic oxidation sites excluding steroid dienone is 2. The lowest BCUT2D eigenvalue weighted by Gasteiger charge is -2.06. The van der Waals surface area contributed by atoms with Crippen molar-refractivity contribution in [1.29, 1.82) is 0 Å². The number of hydrogen-bond acceptors (Lipinski definition) is 0. The SMILES string of the molecule is CCCC(CC)=C(Cl)C(F)Br. The van der Waals surface area contributed by atoms with Gasteiger partial charge in [-0.05, 0) is 28.8 Å². The van der Waals surface area contributed by atoms with Crippen LogP contribution in [0.2, 0.25) is 0 Å². The van der Waals surface area contributed by atoms with Crippen molar-refractivity contribution in [2.45, 2.75) is 38.2 Å². The van der Waals surface area contributed by atoms with Gasteiger partial charge in [0.2, 0.25) is 0 Å². The zero-order chi connectivity index (χ0) is 8.85. The molecule has 0 amide bonds. The second-order valence-corrected chi connectivity index (χ2v) is 3.57. The monoisotopic (exact) mass is 242 g/mol. The van der Waals surface area contributed by atoms with Crippen LogP contribution in [0.4, 0.5) is 4.39 Å². The molecule has 0 aliphatic rings. The minimum atomic E-state index is -1.19. The molecule has 66 valence electrons. The minimum absolute atomic E-state index is 0.328. The van der Waals surface area contributed by atoms with Gasteiger partial charge in [-0.2, -0.15) is 0 Å². The standard InChI is InChI=1S/C8H13BrClF/c1-3-5-6(4-2)7(10)8(9)11/h8H,3-5H2,1-2H3. The molecule has 0 spiro atoms. The van der Waals surface area contributed by atoms with Crippen LogP contribution in [0, 0.1) is 0 Å².